The fourth-order valence-corrected chi connectivity index (χ4v) is 3.77. The minimum Gasteiger partial charge on any atom is -0.331 e. The molecule has 20 heavy (non-hydrogen) atoms. The SMILES string of the molecule is CCCCN1C(=O)C2(CC)CC1C(=O)c1ccccc12. The third-order valence-corrected chi connectivity index (χ3v) is 4.96. The molecule has 2 aliphatic rings. The first-order chi connectivity index (χ1) is 9.65. The van der Waals surface area contributed by atoms with Gasteiger partial charge in [-0.15, -0.1) is 0 Å². The molecule has 0 radical (unpaired) electrons. The van der Waals surface area contributed by atoms with Crippen LogP contribution in [0.25, 0.3) is 0 Å². The number of fused-ring (bicyclic) bond motifs is 4. The highest BCUT2D eigenvalue weighted by Crippen LogP contribution is 2.48. The molecule has 3 nitrogen and oxygen atoms in total. The maximum Gasteiger partial charge on any atom is 0.233 e. The number of benzene rings is 1. The Kier molecular flexibility index (Phi) is 3.15. The number of ketones is 1. The Hall–Kier alpha value is -1.64. The number of likely N-dealkylation sites (tertiary alicyclic amines) is 1. The molecule has 106 valence electrons. The highest BCUT2D eigenvalue weighted by molar-refractivity contribution is 6.11. The van der Waals surface area contributed by atoms with Gasteiger partial charge in [0.25, 0.3) is 0 Å². The number of hydrogen-bond acceptors (Lipinski definition) is 2. The predicted molar refractivity (Wildman–Crippen MR) is 77.8 cm³/mol. The van der Waals surface area contributed by atoms with Gasteiger partial charge < -0.3 is 4.90 Å². The molecule has 0 spiro atoms. The zero-order chi connectivity index (χ0) is 14.3. The van der Waals surface area contributed by atoms with E-state index in [4.69, 9.17) is 0 Å². The molecule has 1 aliphatic heterocycles. The van der Waals surface area contributed by atoms with Gasteiger partial charge in [0.05, 0.1) is 11.5 Å². The highest BCUT2D eigenvalue weighted by atomic mass is 16.2. The maximum atomic E-state index is 12.9. The van der Waals surface area contributed by atoms with Crippen LogP contribution in [0, 0.1) is 0 Å². The first-order valence-electron chi connectivity index (χ1n) is 7.60. The van der Waals surface area contributed by atoms with Crippen molar-refractivity contribution in [3.8, 4) is 0 Å². The van der Waals surface area contributed by atoms with Gasteiger partial charge in [-0.1, -0.05) is 44.5 Å². The minimum atomic E-state index is -0.455. The monoisotopic (exact) mass is 271 g/mol. The molecule has 1 saturated heterocycles. The van der Waals surface area contributed by atoms with Crippen molar-refractivity contribution in [2.75, 3.05) is 6.54 Å². The topological polar surface area (TPSA) is 37.4 Å². The van der Waals surface area contributed by atoms with Crippen LogP contribution in [0.4, 0.5) is 0 Å². The lowest BCUT2D eigenvalue weighted by Crippen LogP contribution is -2.39. The lowest BCUT2D eigenvalue weighted by atomic mass is 9.69. The average Bonchev–Trinajstić information content (AvgIpc) is 2.74. The summed E-state index contributed by atoms with van der Waals surface area (Å²) >= 11 is 0. The van der Waals surface area contributed by atoms with Gasteiger partial charge in [-0.05, 0) is 24.8 Å². The average molecular weight is 271 g/mol. The molecule has 2 unspecified atom stereocenters. The van der Waals surface area contributed by atoms with E-state index in [1.165, 1.54) is 0 Å². The third kappa shape index (κ3) is 1.58. The second kappa shape index (κ2) is 4.72. The van der Waals surface area contributed by atoms with Gasteiger partial charge in [0.15, 0.2) is 5.78 Å². The molecule has 0 N–H and O–H groups in total. The van der Waals surface area contributed by atoms with Crippen LogP contribution in [0.1, 0.15) is 55.5 Å². The summed E-state index contributed by atoms with van der Waals surface area (Å²) < 4.78 is 0. The Labute approximate surface area is 120 Å². The van der Waals surface area contributed by atoms with E-state index in [1.807, 2.05) is 29.2 Å². The zero-order valence-electron chi connectivity index (χ0n) is 12.2. The van der Waals surface area contributed by atoms with Gasteiger partial charge in [0, 0.05) is 12.1 Å². The fraction of sp³-hybridized carbons (Fsp3) is 0.529. The number of amides is 1. The zero-order valence-corrected chi connectivity index (χ0v) is 12.2. The quantitative estimate of drug-likeness (QED) is 0.844. The molecular formula is C17H21NO2. The summed E-state index contributed by atoms with van der Waals surface area (Å²) in [6.45, 7) is 4.88. The first-order valence-corrected chi connectivity index (χ1v) is 7.60. The minimum absolute atomic E-state index is 0.131. The lowest BCUT2D eigenvalue weighted by Gasteiger charge is -2.30. The van der Waals surface area contributed by atoms with Crippen LogP contribution in [0.2, 0.25) is 0 Å². The summed E-state index contributed by atoms with van der Waals surface area (Å²) in [6, 6.07) is 7.44. The Bertz CT molecular complexity index is 566. The third-order valence-electron chi connectivity index (χ3n) is 4.96. The summed E-state index contributed by atoms with van der Waals surface area (Å²) in [4.78, 5) is 27.4. The summed E-state index contributed by atoms with van der Waals surface area (Å²) in [5.41, 5.74) is 1.26. The molecule has 1 aromatic carbocycles. The highest BCUT2D eigenvalue weighted by Gasteiger charge is 2.57. The largest absolute Gasteiger partial charge is 0.331 e. The van der Waals surface area contributed by atoms with Gasteiger partial charge in [0.2, 0.25) is 5.91 Å². The van der Waals surface area contributed by atoms with E-state index in [0.29, 0.717) is 13.0 Å². The maximum absolute atomic E-state index is 12.9. The first kappa shape index (κ1) is 13.3. The Morgan fingerprint density at radius 3 is 2.70 bits per heavy atom. The van der Waals surface area contributed by atoms with Crippen molar-refractivity contribution in [1.82, 2.24) is 4.90 Å². The van der Waals surface area contributed by atoms with Crippen molar-refractivity contribution in [1.29, 1.82) is 0 Å². The molecule has 1 aromatic rings. The van der Waals surface area contributed by atoms with E-state index in [1.54, 1.807) is 0 Å². The Morgan fingerprint density at radius 2 is 2.00 bits per heavy atom. The van der Waals surface area contributed by atoms with Crippen LogP contribution in [-0.2, 0) is 10.2 Å². The molecule has 2 atom stereocenters. The number of rotatable bonds is 4. The summed E-state index contributed by atoms with van der Waals surface area (Å²) in [5, 5.41) is 0. The molecule has 0 saturated carbocycles. The summed E-state index contributed by atoms with van der Waals surface area (Å²) in [6.07, 6.45) is 3.44. The number of nitrogens with zero attached hydrogens (tertiary/aromatic N) is 1. The van der Waals surface area contributed by atoms with E-state index < -0.39 is 5.41 Å². The van der Waals surface area contributed by atoms with E-state index in [2.05, 4.69) is 13.8 Å². The molecule has 0 aromatic heterocycles. The van der Waals surface area contributed by atoms with Crippen molar-refractivity contribution < 1.29 is 9.59 Å². The fourth-order valence-electron chi connectivity index (χ4n) is 3.77. The molecule has 1 aliphatic carbocycles. The van der Waals surface area contributed by atoms with Crippen LogP contribution < -0.4 is 0 Å². The smallest absolute Gasteiger partial charge is 0.233 e. The van der Waals surface area contributed by atoms with Crippen molar-refractivity contribution in [2.45, 2.75) is 51.0 Å². The van der Waals surface area contributed by atoms with Gasteiger partial charge in [-0.25, -0.2) is 0 Å². The summed E-state index contributed by atoms with van der Waals surface area (Å²) in [5.74, 6) is 0.295. The van der Waals surface area contributed by atoms with Gasteiger partial charge >= 0.3 is 0 Å². The summed E-state index contributed by atoms with van der Waals surface area (Å²) in [7, 11) is 0. The van der Waals surface area contributed by atoms with Crippen molar-refractivity contribution >= 4 is 11.7 Å². The number of carbonyl (C=O) groups is 2. The van der Waals surface area contributed by atoms with Crippen LogP contribution in [-0.4, -0.2) is 29.2 Å². The lowest BCUT2D eigenvalue weighted by molar-refractivity contribution is -0.133. The van der Waals surface area contributed by atoms with Crippen molar-refractivity contribution in [3.63, 3.8) is 0 Å². The molecule has 3 rings (SSSR count). The van der Waals surface area contributed by atoms with Crippen molar-refractivity contribution in [2.24, 2.45) is 0 Å². The molecule has 1 amide bonds. The van der Waals surface area contributed by atoms with E-state index >= 15 is 0 Å². The molecule has 2 bridgehead atoms. The van der Waals surface area contributed by atoms with E-state index in [-0.39, 0.29) is 17.7 Å². The molecule has 1 fully saturated rings. The van der Waals surface area contributed by atoms with Crippen molar-refractivity contribution in [3.05, 3.63) is 35.4 Å². The van der Waals surface area contributed by atoms with Gasteiger partial charge in [0.1, 0.15) is 0 Å². The second-order valence-corrected chi connectivity index (χ2v) is 5.92. The Balaban J connectivity index is 2.10. The molecule has 1 heterocycles. The van der Waals surface area contributed by atoms with E-state index in [9.17, 15) is 9.59 Å². The number of carbonyl (C=O) groups excluding carboxylic acids is 2. The number of hydrogen-bond donors (Lipinski definition) is 0. The van der Waals surface area contributed by atoms with E-state index in [0.717, 1.165) is 30.4 Å². The van der Waals surface area contributed by atoms with Gasteiger partial charge in [-0.3, -0.25) is 9.59 Å². The van der Waals surface area contributed by atoms with Crippen LogP contribution in [0.5, 0.6) is 0 Å². The predicted octanol–water partition coefficient (Wildman–Crippen LogP) is 2.93. The number of Topliss-reactive ketones (excluding diaryl/α,β-unsaturated/α-hetero) is 1. The Morgan fingerprint density at radius 1 is 1.25 bits per heavy atom. The number of unbranched alkanes of at least 4 members (excludes halogenated alkanes) is 1. The molecule has 3 heteroatoms. The standard InChI is InChI=1S/C17H21NO2/c1-3-5-10-18-14-11-17(4-2,16(18)20)13-9-7-6-8-12(13)15(14)19/h6-9,14H,3-5,10-11H2,1-2H3. The van der Waals surface area contributed by atoms with Gasteiger partial charge in [-0.2, -0.15) is 0 Å². The van der Waals surface area contributed by atoms with Crippen LogP contribution in [0.3, 0.4) is 0 Å². The van der Waals surface area contributed by atoms with Crippen LogP contribution >= 0.6 is 0 Å². The second-order valence-electron chi connectivity index (χ2n) is 5.92. The molecular weight excluding hydrogens is 250 g/mol. The normalized spacial score (nSPS) is 27.9. The van der Waals surface area contributed by atoms with Crippen LogP contribution in [0.15, 0.2) is 24.3 Å².